The molecule has 0 aliphatic carbocycles. The minimum atomic E-state index is 0.00870. The fourth-order valence-corrected chi connectivity index (χ4v) is 3.32. The zero-order valence-electron chi connectivity index (χ0n) is 12.4. The smallest absolute Gasteiger partial charge is 0.321 e. The Hall–Kier alpha value is -1.59. The van der Waals surface area contributed by atoms with E-state index in [4.69, 9.17) is 5.73 Å². The number of urea groups is 1. The number of rotatable bonds is 2. The van der Waals surface area contributed by atoms with E-state index in [-0.39, 0.29) is 6.03 Å². The molecule has 2 amide bonds. The summed E-state index contributed by atoms with van der Waals surface area (Å²) in [5.74, 6) is 0. The zero-order valence-corrected chi connectivity index (χ0v) is 12.4. The minimum Gasteiger partial charge on any atom is -0.326 e. The summed E-state index contributed by atoms with van der Waals surface area (Å²) in [6.07, 6.45) is 3.80. The van der Waals surface area contributed by atoms with Gasteiger partial charge >= 0.3 is 6.03 Å². The van der Waals surface area contributed by atoms with Crippen LogP contribution in [0.2, 0.25) is 0 Å². The van der Waals surface area contributed by atoms with Crippen LogP contribution < -0.4 is 11.1 Å². The predicted octanol–water partition coefficient (Wildman–Crippen LogP) is 1.85. The summed E-state index contributed by atoms with van der Waals surface area (Å²) in [6, 6.07) is 8.30. The first-order chi connectivity index (χ1) is 10.3. The predicted molar refractivity (Wildman–Crippen MR) is 84.1 cm³/mol. The summed E-state index contributed by atoms with van der Waals surface area (Å²) in [5.41, 5.74) is 7.50. The Morgan fingerprint density at radius 3 is 3.05 bits per heavy atom. The van der Waals surface area contributed by atoms with Crippen LogP contribution in [0.5, 0.6) is 0 Å². The van der Waals surface area contributed by atoms with Crippen LogP contribution in [0.25, 0.3) is 0 Å². The molecule has 5 nitrogen and oxygen atoms in total. The molecule has 1 aromatic carbocycles. The van der Waals surface area contributed by atoms with Crippen molar-refractivity contribution in [2.75, 3.05) is 31.5 Å². The Balaban J connectivity index is 1.60. The second kappa shape index (κ2) is 6.45. The van der Waals surface area contributed by atoms with Gasteiger partial charge in [-0.15, -0.1) is 0 Å². The first-order valence-corrected chi connectivity index (χ1v) is 7.85. The first kappa shape index (κ1) is 14.4. The third-order valence-electron chi connectivity index (χ3n) is 4.54. The standard InChI is InChI=1S/C16H24N4O/c17-11-13-4-3-5-14(10-13)18-16(21)20-9-8-19-7-2-1-6-15(19)12-20/h3-5,10,15H,1-2,6-9,11-12,17H2,(H,18,21). The third-order valence-corrected chi connectivity index (χ3v) is 4.54. The number of nitrogens with zero attached hydrogens (tertiary/aromatic N) is 2. The molecule has 1 atom stereocenters. The SMILES string of the molecule is NCc1cccc(NC(=O)N2CCN3CCCCC3C2)c1. The molecule has 2 saturated heterocycles. The van der Waals surface area contributed by atoms with Gasteiger partial charge in [-0.2, -0.15) is 0 Å². The van der Waals surface area contributed by atoms with E-state index in [1.54, 1.807) is 0 Å². The largest absolute Gasteiger partial charge is 0.326 e. The molecule has 1 unspecified atom stereocenters. The molecule has 0 bridgehead atoms. The zero-order chi connectivity index (χ0) is 14.7. The van der Waals surface area contributed by atoms with E-state index in [0.717, 1.165) is 30.9 Å². The van der Waals surface area contributed by atoms with Crippen molar-refractivity contribution < 1.29 is 4.79 Å². The summed E-state index contributed by atoms with van der Waals surface area (Å²) < 4.78 is 0. The summed E-state index contributed by atoms with van der Waals surface area (Å²) in [6.45, 7) is 4.35. The average Bonchev–Trinajstić information content (AvgIpc) is 2.54. The van der Waals surface area contributed by atoms with E-state index in [2.05, 4.69) is 10.2 Å². The molecular weight excluding hydrogens is 264 g/mol. The lowest BCUT2D eigenvalue weighted by molar-refractivity contribution is 0.0678. The maximum absolute atomic E-state index is 12.4. The van der Waals surface area contributed by atoms with Crippen LogP contribution >= 0.6 is 0 Å². The van der Waals surface area contributed by atoms with Crippen LogP contribution in [-0.2, 0) is 6.54 Å². The van der Waals surface area contributed by atoms with Crippen LogP contribution in [0.1, 0.15) is 24.8 Å². The van der Waals surface area contributed by atoms with Gasteiger partial charge in [-0.1, -0.05) is 18.6 Å². The van der Waals surface area contributed by atoms with E-state index in [1.165, 1.54) is 25.8 Å². The van der Waals surface area contributed by atoms with Gasteiger partial charge in [-0.05, 0) is 37.1 Å². The van der Waals surface area contributed by atoms with Crippen LogP contribution in [0.15, 0.2) is 24.3 Å². The number of piperidine rings is 1. The highest BCUT2D eigenvalue weighted by Crippen LogP contribution is 2.21. The molecule has 0 radical (unpaired) electrons. The molecule has 2 aliphatic heterocycles. The lowest BCUT2D eigenvalue weighted by atomic mass is 10.00. The second-order valence-electron chi connectivity index (χ2n) is 5.97. The highest BCUT2D eigenvalue weighted by molar-refractivity contribution is 5.89. The normalized spacial score (nSPS) is 22.7. The number of hydrogen-bond donors (Lipinski definition) is 2. The molecule has 114 valence electrons. The molecule has 21 heavy (non-hydrogen) atoms. The van der Waals surface area contributed by atoms with Crippen molar-refractivity contribution in [2.24, 2.45) is 5.73 Å². The number of anilines is 1. The molecular formula is C16H24N4O. The minimum absolute atomic E-state index is 0.00870. The van der Waals surface area contributed by atoms with E-state index in [0.29, 0.717) is 12.6 Å². The summed E-state index contributed by atoms with van der Waals surface area (Å²) in [4.78, 5) is 16.9. The van der Waals surface area contributed by atoms with E-state index in [1.807, 2.05) is 29.2 Å². The van der Waals surface area contributed by atoms with Crippen molar-refractivity contribution in [1.82, 2.24) is 9.80 Å². The van der Waals surface area contributed by atoms with E-state index < -0.39 is 0 Å². The van der Waals surface area contributed by atoms with Gasteiger partial charge in [-0.3, -0.25) is 4.90 Å². The number of nitrogens with two attached hydrogens (primary N) is 1. The number of carbonyl (C=O) groups excluding carboxylic acids is 1. The fraction of sp³-hybridized carbons (Fsp3) is 0.562. The molecule has 0 saturated carbocycles. The van der Waals surface area contributed by atoms with Gasteiger partial charge in [-0.25, -0.2) is 4.79 Å². The van der Waals surface area contributed by atoms with Crippen molar-refractivity contribution in [1.29, 1.82) is 0 Å². The van der Waals surface area contributed by atoms with Crippen molar-refractivity contribution in [2.45, 2.75) is 31.8 Å². The van der Waals surface area contributed by atoms with E-state index >= 15 is 0 Å². The van der Waals surface area contributed by atoms with Crippen molar-refractivity contribution >= 4 is 11.7 Å². The summed E-state index contributed by atoms with van der Waals surface area (Å²) in [5, 5.41) is 2.99. The van der Waals surface area contributed by atoms with Gasteiger partial charge in [0.15, 0.2) is 0 Å². The quantitative estimate of drug-likeness (QED) is 0.873. The Kier molecular flexibility index (Phi) is 4.41. The Morgan fingerprint density at radius 1 is 1.29 bits per heavy atom. The Bertz CT molecular complexity index is 505. The van der Waals surface area contributed by atoms with Crippen molar-refractivity contribution in [3.8, 4) is 0 Å². The maximum atomic E-state index is 12.4. The molecule has 0 aromatic heterocycles. The number of amides is 2. The number of nitrogens with one attached hydrogen (secondary N) is 1. The molecule has 5 heteroatoms. The number of piperazine rings is 1. The lowest BCUT2D eigenvalue weighted by Gasteiger charge is -2.43. The summed E-state index contributed by atoms with van der Waals surface area (Å²) in [7, 11) is 0. The monoisotopic (exact) mass is 288 g/mol. The first-order valence-electron chi connectivity index (χ1n) is 7.85. The topological polar surface area (TPSA) is 61.6 Å². The highest BCUT2D eigenvalue weighted by atomic mass is 16.2. The maximum Gasteiger partial charge on any atom is 0.321 e. The van der Waals surface area contributed by atoms with E-state index in [9.17, 15) is 4.79 Å². The molecule has 3 N–H and O–H groups in total. The lowest BCUT2D eigenvalue weighted by Crippen LogP contribution is -2.56. The fourth-order valence-electron chi connectivity index (χ4n) is 3.32. The molecule has 2 heterocycles. The number of fused-ring (bicyclic) bond motifs is 1. The van der Waals surface area contributed by atoms with Gasteiger partial charge in [0.1, 0.15) is 0 Å². The second-order valence-corrected chi connectivity index (χ2v) is 5.97. The number of carbonyl (C=O) groups is 1. The van der Waals surface area contributed by atoms with Crippen LogP contribution in [0, 0.1) is 0 Å². The van der Waals surface area contributed by atoms with Gasteiger partial charge < -0.3 is 16.0 Å². The van der Waals surface area contributed by atoms with Crippen molar-refractivity contribution in [3.05, 3.63) is 29.8 Å². The van der Waals surface area contributed by atoms with Crippen molar-refractivity contribution in [3.63, 3.8) is 0 Å². The van der Waals surface area contributed by atoms with Crippen LogP contribution in [0.4, 0.5) is 10.5 Å². The third kappa shape index (κ3) is 3.36. The van der Waals surface area contributed by atoms with Gasteiger partial charge in [0.05, 0.1) is 0 Å². The van der Waals surface area contributed by atoms with Crippen LogP contribution in [-0.4, -0.2) is 48.1 Å². The van der Waals surface area contributed by atoms with Crippen LogP contribution in [0.3, 0.4) is 0 Å². The van der Waals surface area contributed by atoms with Gasteiger partial charge in [0, 0.05) is 37.9 Å². The Labute approximate surface area is 126 Å². The highest BCUT2D eigenvalue weighted by Gasteiger charge is 2.30. The molecule has 1 aromatic rings. The van der Waals surface area contributed by atoms with Gasteiger partial charge in [0.25, 0.3) is 0 Å². The molecule has 0 spiro atoms. The summed E-state index contributed by atoms with van der Waals surface area (Å²) >= 11 is 0. The molecule has 2 fully saturated rings. The average molecular weight is 288 g/mol. The molecule has 3 rings (SSSR count). The number of benzene rings is 1. The molecule has 2 aliphatic rings. The van der Waals surface area contributed by atoms with Gasteiger partial charge in [0.2, 0.25) is 0 Å². The number of hydrogen-bond acceptors (Lipinski definition) is 3. The Morgan fingerprint density at radius 2 is 2.19 bits per heavy atom.